The molecule has 0 atom stereocenters. The number of nitrogens with zero attached hydrogens (tertiary/aromatic N) is 2. The second-order valence-electron chi connectivity index (χ2n) is 4.36. The second kappa shape index (κ2) is 5.90. The Morgan fingerprint density at radius 1 is 1.20 bits per heavy atom. The Balaban J connectivity index is 1.94. The summed E-state index contributed by atoms with van der Waals surface area (Å²) in [5.74, 6) is 1.32. The third-order valence-electron chi connectivity index (χ3n) is 2.75. The molecular weight excluding hydrogens is 267 g/mol. The largest absolute Gasteiger partial charge is 0.416 e. The lowest BCUT2D eigenvalue weighted by atomic mass is 10.1. The molecule has 106 valence electrons. The van der Waals surface area contributed by atoms with Crippen molar-refractivity contribution in [3.8, 4) is 0 Å². The van der Waals surface area contributed by atoms with Gasteiger partial charge in [-0.05, 0) is 31.0 Å². The van der Waals surface area contributed by atoms with E-state index >= 15 is 0 Å². The Morgan fingerprint density at radius 3 is 2.70 bits per heavy atom. The minimum atomic E-state index is -4.30. The summed E-state index contributed by atoms with van der Waals surface area (Å²) < 4.78 is 37.7. The number of aromatic nitrogens is 2. The first kappa shape index (κ1) is 14.3. The topological polar surface area (TPSA) is 37.8 Å². The summed E-state index contributed by atoms with van der Waals surface area (Å²) in [4.78, 5) is 8.13. The molecule has 0 fully saturated rings. The molecule has 2 rings (SSSR count). The number of aryl methyl sites for hydroxylation is 1. The number of rotatable bonds is 4. The smallest absolute Gasteiger partial charge is 0.370 e. The van der Waals surface area contributed by atoms with E-state index in [0.29, 0.717) is 30.2 Å². The van der Waals surface area contributed by atoms with Gasteiger partial charge in [0.05, 0.1) is 5.56 Å². The monoisotopic (exact) mass is 281 g/mol. The zero-order chi connectivity index (χ0) is 14.6. The van der Waals surface area contributed by atoms with Crippen molar-refractivity contribution in [2.75, 3.05) is 11.9 Å². The molecule has 0 saturated heterocycles. The lowest BCUT2D eigenvalue weighted by molar-refractivity contribution is -0.137. The van der Waals surface area contributed by atoms with Gasteiger partial charge in [-0.3, -0.25) is 0 Å². The number of alkyl halides is 3. The fourth-order valence-electron chi connectivity index (χ4n) is 1.79. The van der Waals surface area contributed by atoms with E-state index in [1.54, 1.807) is 25.3 Å². The predicted molar refractivity (Wildman–Crippen MR) is 70.4 cm³/mol. The van der Waals surface area contributed by atoms with Gasteiger partial charge in [0, 0.05) is 12.7 Å². The highest BCUT2D eigenvalue weighted by Crippen LogP contribution is 2.29. The molecule has 0 bridgehead atoms. The van der Waals surface area contributed by atoms with Crippen molar-refractivity contribution < 1.29 is 13.2 Å². The van der Waals surface area contributed by atoms with Gasteiger partial charge in [0.25, 0.3) is 0 Å². The van der Waals surface area contributed by atoms with Crippen LogP contribution in [-0.2, 0) is 12.6 Å². The van der Waals surface area contributed by atoms with Crippen molar-refractivity contribution >= 4 is 5.82 Å². The molecule has 0 saturated carbocycles. The van der Waals surface area contributed by atoms with E-state index in [4.69, 9.17) is 0 Å². The van der Waals surface area contributed by atoms with E-state index in [-0.39, 0.29) is 0 Å². The van der Waals surface area contributed by atoms with Gasteiger partial charge >= 0.3 is 6.18 Å². The average molecular weight is 281 g/mol. The van der Waals surface area contributed by atoms with Crippen molar-refractivity contribution in [2.45, 2.75) is 19.5 Å². The number of hydrogen-bond acceptors (Lipinski definition) is 3. The number of nitrogens with one attached hydrogen (secondary N) is 1. The molecule has 20 heavy (non-hydrogen) atoms. The van der Waals surface area contributed by atoms with Gasteiger partial charge in [-0.15, -0.1) is 0 Å². The summed E-state index contributed by atoms with van der Waals surface area (Å²) in [6, 6.07) is 7.08. The van der Waals surface area contributed by atoms with Crippen molar-refractivity contribution in [1.29, 1.82) is 0 Å². The van der Waals surface area contributed by atoms with E-state index in [1.165, 1.54) is 12.1 Å². The molecule has 0 unspecified atom stereocenters. The Bertz CT molecular complexity index is 582. The summed E-state index contributed by atoms with van der Waals surface area (Å²) in [5.41, 5.74) is 0.0194. The van der Waals surface area contributed by atoms with Crippen LogP contribution < -0.4 is 5.32 Å². The van der Waals surface area contributed by atoms with Crippen LogP contribution >= 0.6 is 0 Å². The maximum atomic E-state index is 12.6. The number of anilines is 1. The molecule has 0 amide bonds. The third-order valence-corrected chi connectivity index (χ3v) is 2.75. The molecule has 0 aliphatic carbocycles. The average Bonchev–Trinajstić information content (AvgIpc) is 2.38. The van der Waals surface area contributed by atoms with E-state index in [9.17, 15) is 13.2 Å². The first-order chi connectivity index (χ1) is 9.45. The molecule has 0 aliphatic heterocycles. The molecule has 1 heterocycles. The van der Waals surface area contributed by atoms with Gasteiger partial charge in [0.2, 0.25) is 0 Å². The molecule has 0 spiro atoms. The minimum Gasteiger partial charge on any atom is -0.370 e. The normalized spacial score (nSPS) is 11.4. The minimum absolute atomic E-state index is 0.493. The lowest BCUT2D eigenvalue weighted by Gasteiger charge is -2.09. The zero-order valence-corrected chi connectivity index (χ0v) is 10.9. The molecular formula is C14H14F3N3. The van der Waals surface area contributed by atoms with Crippen LogP contribution in [0.1, 0.15) is 17.0 Å². The highest BCUT2D eigenvalue weighted by Gasteiger charge is 2.30. The SMILES string of the molecule is Cc1nccc(NCCc2cccc(C(F)(F)F)c2)n1. The fourth-order valence-corrected chi connectivity index (χ4v) is 1.79. The molecule has 6 heteroatoms. The molecule has 0 aliphatic rings. The molecule has 1 aromatic carbocycles. The highest BCUT2D eigenvalue weighted by atomic mass is 19.4. The molecule has 1 N–H and O–H groups in total. The maximum absolute atomic E-state index is 12.6. The van der Waals surface area contributed by atoms with E-state index in [1.807, 2.05) is 0 Å². The fraction of sp³-hybridized carbons (Fsp3) is 0.286. The third kappa shape index (κ3) is 3.94. The summed E-state index contributed by atoms with van der Waals surface area (Å²) in [6.45, 7) is 2.29. The first-order valence-corrected chi connectivity index (χ1v) is 6.15. The summed E-state index contributed by atoms with van der Waals surface area (Å²) in [5, 5.41) is 3.06. The van der Waals surface area contributed by atoms with Crippen LogP contribution in [0.15, 0.2) is 36.5 Å². The van der Waals surface area contributed by atoms with Crippen molar-refractivity contribution in [3.05, 3.63) is 53.5 Å². The predicted octanol–water partition coefficient (Wildman–Crippen LogP) is 3.46. The summed E-state index contributed by atoms with van der Waals surface area (Å²) in [6.07, 6.45) is -2.17. The summed E-state index contributed by atoms with van der Waals surface area (Å²) in [7, 11) is 0. The first-order valence-electron chi connectivity index (χ1n) is 6.15. The summed E-state index contributed by atoms with van der Waals surface area (Å²) >= 11 is 0. The standard InChI is InChI=1S/C14H14F3N3/c1-10-18-8-6-13(20-10)19-7-5-11-3-2-4-12(9-11)14(15,16)17/h2-4,6,8-9H,5,7H2,1H3,(H,18,19,20). The van der Waals surface area contributed by atoms with Crippen LogP contribution in [0.4, 0.5) is 19.0 Å². The van der Waals surface area contributed by atoms with Crippen molar-refractivity contribution in [1.82, 2.24) is 9.97 Å². The van der Waals surface area contributed by atoms with Crippen LogP contribution in [0, 0.1) is 6.92 Å². The van der Waals surface area contributed by atoms with Crippen LogP contribution in [0.25, 0.3) is 0 Å². The van der Waals surface area contributed by atoms with Crippen molar-refractivity contribution in [3.63, 3.8) is 0 Å². The Hall–Kier alpha value is -2.11. The second-order valence-corrected chi connectivity index (χ2v) is 4.36. The van der Waals surface area contributed by atoms with E-state index < -0.39 is 11.7 Å². The van der Waals surface area contributed by atoms with E-state index in [2.05, 4.69) is 15.3 Å². The van der Waals surface area contributed by atoms with Gasteiger partial charge in [-0.1, -0.05) is 18.2 Å². The number of halogens is 3. The molecule has 1 aromatic heterocycles. The number of hydrogen-bond donors (Lipinski definition) is 1. The van der Waals surface area contributed by atoms with Crippen LogP contribution in [-0.4, -0.2) is 16.5 Å². The Morgan fingerprint density at radius 2 is 2.00 bits per heavy atom. The Labute approximate surface area is 114 Å². The van der Waals surface area contributed by atoms with Gasteiger partial charge in [0.1, 0.15) is 11.6 Å². The zero-order valence-electron chi connectivity index (χ0n) is 10.9. The molecule has 0 radical (unpaired) electrons. The lowest BCUT2D eigenvalue weighted by Crippen LogP contribution is -2.09. The highest BCUT2D eigenvalue weighted by molar-refractivity contribution is 5.33. The van der Waals surface area contributed by atoms with Gasteiger partial charge < -0.3 is 5.32 Å². The van der Waals surface area contributed by atoms with Crippen LogP contribution in [0.5, 0.6) is 0 Å². The van der Waals surface area contributed by atoms with Gasteiger partial charge in [0.15, 0.2) is 0 Å². The van der Waals surface area contributed by atoms with Crippen LogP contribution in [0.3, 0.4) is 0 Å². The Kier molecular flexibility index (Phi) is 4.22. The quantitative estimate of drug-likeness (QED) is 0.932. The number of benzene rings is 1. The molecule has 3 nitrogen and oxygen atoms in total. The van der Waals surface area contributed by atoms with E-state index in [0.717, 1.165) is 6.07 Å². The molecule has 2 aromatic rings. The maximum Gasteiger partial charge on any atom is 0.416 e. The van der Waals surface area contributed by atoms with Crippen LogP contribution in [0.2, 0.25) is 0 Å². The van der Waals surface area contributed by atoms with Gasteiger partial charge in [-0.25, -0.2) is 9.97 Å². The van der Waals surface area contributed by atoms with Crippen molar-refractivity contribution in [2.24, 2.45) is 0 Å². The van der Waals surface area contributed by atoms with Gasteiger partial charge in [-0.2, -0.15) is 13.2 Å².